The molecule has 156 valence electrons. The van der Waals surface area contributed by atoms with Crippen molar-refractivity contribution in [3.05, 3.63) is 97.5 Å². The SMILES string of the molecule is O=C1S/C(=C/c2cc(Br)c(OCc3ccccc3F)c(Br)c2)C(=O)N1c1ccccc1. The molecule has 3 aromatic carbocycles. The molecule has 0 saturated carbocycles. The molecule has 1 aliphatic heterocycles. The van der Waals surface area contributed by atoms with Crippen LogP contribution in [0, 0.1) is 5.82 Å². The minimum absolute atomic E-state index is 0.0686. The van der Waals surface area contributed by atoms with Gasteiger partial charge in [-0.05, 0) is 85.6 Å². The van der Waals surface area contributed by atoms with Gasteiger partial charge in [-0.3, -0.25) is 9.59 Å². The zero-order valence-electron chi connectivity index (χ0n) is 15.8. The number of amides is 2. The van der Waals surface area contributed by atoms with Crippen molar-refractivity contribution in [2.75, 3.05) is 4.90 Å². The van der Waals surface area contributed by atoms with Gasteiger partial charge in [-0.25, -0.2) is 9.29 Å². The Balaban J connectivity index is 1.56. The third kappa shape index (κ3) is 4.76. The van der Waals surface area contributed by atoms with E-state index in [1.54, 1.807) is 60.7 Å². The summed E-state index contributed by atoms with van der Waals surface area (Å²) in [6.07, 6.45) is 1.66. The summed E-state index contributed by atoms with van der Waals surface area (Å²) < 4.78 is 20.9. The van der Waals surface area contributed by atoms with Crippen LogP contribution in [0.3, 0.4) is 0 Å². The maximum Gasteiger partial charge on any atom is 0.298 e. The Morgan fingerprint density at radius 3 is 2.29 bits per heavy atom. The molecule has 0 aromatic heterocycles. The van der Waals surface area contributed by atoms with E-state index in [9.17, 15) is 14.0 Å². The highest BCUT2D eigenvalue weighted by Crippen LogP contribution is 2.39. The number of anilines is 1. The zero-order valence-corrected chi connectivity index (χ0v) is 19.8. The number of carbonyl (C=O) groups excluding carboxylic acids is 2. The van der Waals surface area contributed by atoms with E-state index in [1.807, 2.05) is 6.07 Å². The number of halogens is 3. The highest BCUT2D eigenvalue weighted by molar-refractivity contribution is 9.11. The van der Waals surface area contributed by atoms with E-state index in [0.717, 1.165) is 16.7 Å². The van der Waals surface area contributed by atoms with Crippen LogP contribution in [0.1, 0.15) is 11.1 Å². The van der Waals surface area contributed by atoms with Crippen molar-refractivity contribution >= 4 is 66.5 Å². The molecular weight excluding hydrogens is 549 g/mol. The Bertz CT molecular complexity index is 1180. The van der Waals surface area contributed by atoms with Gasteiger partial charge >= 0.3 is 0 Å². The molecule has 8 heteroatoms. The third-order valence-corrected chi connectivity index (χ3v) is 6.50. The summed E-state index contributed by atoms with van der Waals surface area (Å²) in [6.45, 7) is 0.0686. The molecule has 1 fully saturated rings. The van der Waals surface area contributed by atoms with Crippen molar-refractivity contribution in [1.82, 2.24) is 0 Å². The lowest BCUT2D eigenvalue weighted by Crippen LogP contribution is -2.27. The highest BCUT2D eigenvalue weighted by Gasteiger charge is 2.36. The molecule has 1 aliphatic rings. The minimum Gasteiger partial charge on any atom is -0.486 e. The van der Waals surface area contributed by atoms with Crippen LogP contribution in [-0.4, -0.2) is 11.1 Å². The first-order valence-corrected chi connectivity index (χ1v) is 11.5. The number of thioether (sulfide) groups is 1. The number of hydrogen-bond donors (Lipinski definition) is 0. The van der Waals surface area contributed by atoms with Crippen molar-refractivity contribution in [3.63, 3.8) is 0 Å². The van der Waals surface area contributed by atoms with Crippen LogP contribution in [0.2, 0.25) is 0 Å². The largest absolute Gasteiger partial charge is 0.486 e. The first-order chi connectivity index (χ1) is 14.9. The number of benzene rings is 3. The van der Waals surface area contributed by atoms with E-state index in [2.05, 4.69) is 31.9 Å². The van der Waals surface area contributed by atoms with Gasteiger partial charge in [0, 0.05) is 5.56 Å². The molecule has 0 unspecified atom stereocenters. The molecule has 1 heterocycles. The average molecular weight is 563 g/mol. The number of ether oxygens (including phenoxy) is 1. The van der Waals surface area contributed by atoms with Crippen molar-refractivity contribution in [1.29, 1.82) is 0 Å². The van der Waals surface area contributed by atoms with E-state index in [-0.39, 0.29) is 23.6 Å². The van der Waals surface area contributed by atoms with Gasteiger partial charge < -0.3 is 4.74 Å². The fourth-order valence-corrected chi connectivity index (χ4v) is 5.28. The molecule has 0 N–H and O–H groups in total. The predicted molar refractivity (Wildman–Crippen MR) is 127 cm³/mol. The molecule has 0 spiro atoms. The van der Waals surface area contributed by atoms with Crippen molar-refractivity contribution in [2.24, 2.45) is 0 Å². The monoisotopic (exact) mass is 561 g/mol. The fraction of sp³-hybridized carbons (Fsp3) is 0.0435. The highest BCUT2D eigenvalue weighted by atomic mass is 79.9. The molecule has 0 radical (unpaired) electrons. The van der Waals surface area contributed by atoms with Gasteiger partial charge in [-0.15, -0.1) is 0 Å². The zero-order chi connectivity index (χ0) is 22.0. The molecular formula is C23H14Br2FNO3S. The van der Waals surface area contributed by atoms with Crippen LogP contribution in [-0.2, 0) is 11.4 Å². The summed E-state index contributed by atoms with van der Waals surface area (Å²) in [5.41, 5.74) is 1.68. The number of hydrogen-bond acceptors (Lipinski definition) is 4. The van der Waals surface area contributed by atoms with Gasteiger partial charge in [0.05, 0.1) is 19.5 Å². The number of para-hydroxylation sites is 1. The van der Waals surface area contributed by atoms with Gasteiger partial charge in [0.1, 0.15) is 18.2 Å². The Morgan fingerprint density at radius 2 is 1.61 bits per heavy atom. The third-order valence-electron chi connectivity index (χ3n) is 4.46. The molecule has 0 bridgehead atoms. The fourth-order valence-electron chi connectivity index (χ4n) is 2.98. The Morgan fingerprint density at radius 1 is 0.968 bits per heavy atom. The lowest BCUT2D eigenvalue weighted by atomic mass is 10.2. The number of imide groups is 1. The van der Waals surface area contributed by atoms with Crippen molar-refractivity contribution in [3.8, 4) is 5.75 Å². The summed E-state index contributed by atoms with van der Waals surface area (Å²) in [7, 11) is 0. The first kappa shape index (κ1) is 21.8. The van der Waals surface area contributed by atoms with E-state index in [1.165, 1.54) is 6.07 Å². The Hall–Kier alpha value is -2.42. The van der Waals surface area contributed by atoms with Gasteiger partial charge in [0.25, 0.3) is 11.1 Å². The Kier molecular flexibility index (Phi) is 6.60. The maximum atomic E-state index is 13.8. The summed E-state index contributed by atoms with van der Waals surface area (Å²) in [6, 6.07) is 18.8. The van der Waals surface area contributed by atoms with E-state index >= 15 is 0 Å². The van der Waals surface area contributed by atoms with Crippen molar-refractivity contribution in [2.45, 2.75) is 6.61 Å². The predicted octanol–water partition coefficient (Wildman–Crippen LogP) is 7.17. The molecule has 0 atom stereocenters. The number of nitrogens with zero attached hydrogens (tertiary/aromatic N) is 1. The van der Waals surface area contributed by atoms with Crippen LogP contribution < -0.4 is 9.64 Å². The second kappa shape index (κ2) is 9.38. The number of carbonyl (C=O) groups is 2. The van der Waals surface area contributed by atoms with E-state index in [0.29, 0.717) is 36.4 Å². The second-order valence-electron chi connectivity index (χ2n) is 6.55. The standard InChI is InChI=1S/C23H14Br2FNO3S/c24-17-10-14(11-18(25)21(17)30-13-15-6-4-5-9-19(15)26)12-20-22(28)27(23(29)31-20)16-7-2-1-3-8-16/h1-12H,13H2/b20-12+. The van der Waals surface area contributed by atoms with Gasteiger partial charge in [0.15, 0.2) is 0 Å². The molecule has 3 aromatic rings. The van der Waals surface area contributed by atoms with Crippen LogP contribution in [0.5, 0.6) is 5.75 Å². The minimum atomic E-state index is -0.367. The van der Waals surface area contributed by atoms with Gasteiger partial charge in [-0.2, -0.15) is 0 Å². The molecule has 4 nitrogen and oxygen atoms in total. The molecule has 0 aliphatic carbocycles. The van der Waals surface area contributed by atoms with Crippen LogP contribution in [0.4, 0.5) is 14.9 Å². The van der Waals surface area contributed by atoms with Gasteiger partial charge in [0.2, 0.25) is 0 Å². The van der Waals surface area contributed by atoms with Gasteiger partial charge in [-0.1, -0.05) is 36.4 Å². The quantitative estimate of drug-likeness (QED) is 0.309. The molecule has 4 rings (SSSR count). The lowest BCUT2D eigenvalue weighted by Gasteiger charge is -2.12. The van der Waals surface area contributed by atoms with Crippen LogP contribution in [0.15, 0.2) is 80.6 Å². The van der Waals surface area contributed by atoms with Crippen LogP contribution in [0.25, 0.3) is 6.08 Å². The first-order valence-electron chi connectivity index (χ1n) is 9.12. The smallest absolute Gasteiger partial charge is 0.298 e. The molecule has 2 amide bonds. The normalized spacial score (nSPS) is 15.1. The van der Waals surface area contributed by atoms with E-state index < -0.39 is 0 Å². The molecule has 1 saturated heterocycles. The van der Waals surface area contributed by atoms with Crippen molar-refractivity contribution < 1.29 is 18.7 Å². The summed E-state index contributed by atoms with van der Waals surface area (Å²) in [5.74, 6) is -0.188. The van der Waals surface area contributed by atoms with E-state index in [4.69, 9.17) is 4.74 Å². The maximum absolute atomic E-state index is 13.8. The Labute approximate surface area is 199 Å². The lowest BCUT2D eigenvalue weighted by molar-refractivity contribution is -0.113. The summed E-state index contributed by atoms with van der Waals surface area (Å²) in [4.78, 5) is 26.6. The second-order valence-corrected chi connectivity index (χ2v) is 9.25. The summed E-state index contributed by atoms with van der Waals surface area (Å²) in [5, 5.41) is -0.342. The number of rotatable bonds is 5. The average Bonchev–Trinajstić information content (AvgIpc) is 3.02. The van der Waals surface area contributed by atoms with Crippen LogP contribution >= 0.6 is 43.6 Å². The summed E-state index contributed by atoms with van der Waals surface area (Å²) >= 11 is 7.83. The topological polar surface area (TPSA) is 46.6 Å². The molecule has 31 heavy (non-hydrogen) atoms.